The minimum absolute atomic E-state index is 0.0742. The molecule has 1 N–H and O–H groups in total. The number of rotatable bonds is 7. The minimum atomic E-state index is -3.63. The first-order valence-corrected chi connectivity index (χ1v) is 11.7. The molecule has 0 amide bonds. The predicted octanol–water partition coefficient (Wildman–Crippen LogP) is 3.09. The molecule has 1 aliphatic heterocycles. The molecule has 0 aliphatic carbocycles. The van der Waals surface area contributed by atoms with Gasteiger partial charge in [0.25, 0.3) is 0 Å². The highest BCUT2D eigenvalue weighted by atomic mass is 32.2. The Balaban J connectivity index is 1.33. The molecular weight excluding hydrogens is 417 g/mol. The van der Waals surface area contributed by atoms with Crippen LogP contribution >= 0.6 is 0 Å². The lowest BCUT2D eigenvalue weighted by Gasteiger charge is -2.36. The topological polar surface area (TPSA) is 61.9 Å². The molecule has 0 saturated carbocycles. The summed E-state index contributed by atoms with van der Waals surface area (Å²) in [5.74, 6) is 0.383. The van der Waals surface area contributed by atoms with E-state index in [9.17, 15) is 12.8 Å². The Hall–Kier alpha value is -2.68. The average Bonchev–Trinajstić information content (AvgIpc) is 2.79. The maximum absolute atomic E-state index is 13.0. The Morgan fingerprint density at radius 3 is 2.45 bits per heavy atom. The Kier molecular flexibility index (Phi) is 6.41. The maximum atomic E-state index is 13.0. The van der Waals surface area contributed by atoms with Crippen LogP contribution in [0.1, 0.15) is 0 Å². The van der Waals surface area contributed by atoms with Crippen molar-refractivity contribution < 1.29 is 17.5 Å². The maximum Gasteiger partial charge on any atom is 0.240 e. The van der Waals surface area contributed by atoms with Gasteiger partial charge in [0.15, 0.2) is 0 Å². The van der Waals surface area contributed by atoms with Gasteiger partial charge in [-0.1, -0.05) is 18.2 Å². The van der Waals surface area contributed by atoms with Crippen LogP contribution in [0.15, 0.2) is 65.6 Å². The average molecular weight is 444 g/mol. The molecule has 0 unspecified atom stereocenters. The largest absolute Gasteiger partial charge is 0.497 e. The van der Waals surface area contributed by atoms with E-state index in [-0.39, 0.29) is 4.90 Å². The van der Waals surface area contributed by atoms with E-state index in [1.165, 1.54) is 28.6 Å². The van der Waals surface area contributed by atoms with Crippen LogP contribution in [0.3, 0.4) is 0 Å². The van der Waals surface area contributed by atoms with Crippen molar-refractivity contribution in [1.29, 1.82) is 0 Å². The molecule has 1 fully saturated rings. The normalized spacial score (nSPS) is 15.4. The van der Waals surface area contributed by atoms with Gasteiger partial charge in [-0.05, 0) is 47.9 Å². The van der Waals surface area contributed by atoms with E-state index < -0.39 is 15.8 Å². The molecule has 3 aromatic rings. The van der Waals surface area contributed by atoms with Gasteiger partial charge in [0, 0.05) is 50.3 Å². The summed E-state index contributed by atoms with van der Waals surface area (Å²) in [6.07, 6.45) is 0. The van der Waals surface area contributed by atoms with Gasteiger partial charge in [-0.2, -0.15) is 0 Å². The fourth-order valence-corrected chi connectivity index (χ4v) is 4.91. The zero-order valence-electron chi connectivity index (χ0n) is 17.4. The first-order chi connectivity index (χ1) is 15.0. The monoisotopic (exact) mass is 443 g/mol. The number of hydrogen-bond donors (Lipinski definition) is 1. The Bertz CT molecular complexity index is 1140. The van der Waals surface area contributed by atoms with Gasteiger partial charge in [0.1, 0.15) is 11.6 Å². The van der Waals surface area contributed by atoms with E-state index in [4.69, 9.17) is 4.74 Å². The van der Waals surface area contributed by atoms with Crippen LogP contribution in [0.5, 0.6) is 5.75 Å². The van der Waals surface area contributed by atoms with E-state index in [0.717, 1.165) is 44.1 Å². The number of halogens is 1. The number of hydrogen-bond acceptors (Lipinski definition) is 5. The van der Waals surface area contributed by atoms with E-state index in [1.807, 2.05) is 6.07 Å². The molecule has 0 radical (unpaired) electrons. The molecule has 0 spiro atoms. The van der Waals surface area contributed by atoms with Gasteiger partial charge in [-0.3, -0.25) is 4.90 Å². The van der Waals surface area contributed by atoms with Gasteiger partial charge in [0.05, 0.1) is 12.0 Å². The summed E-state index contributed by atoms with van der Waals surface area (Å²) in [7, 11) is -1.95. The SMILES string of the molecule is COc1ccc2cccc(N3CCN(CCNS(=O)(=O)c4ccc(F)cc4)CC3)c2c1. The molecule has 0 atom stereocenters. The first kappa shape index (κ1) is 21.5. The molecule has 6 nitrogen and oxygen atoms in total. The third-order valence-electron chi connectivity index (χ3n) is 5.62. The molecule has 1 saturated heterocycles. The van der Waals surface area contributed by atoms with E-state index in [0.29, 0.717) is 13.1 Å². The second-order valence-corrected chi connectivity index (χ2v) is 9.31. The molecule has 164 valence electrons. The summed E-state index contributed by atoms with van der Waals surface area (Å²) in [4.78, 5) is 4.68. The number of methoxy groups -OCH3 is 1. The van der Waals surface area contributed by atoms with Crippen LogP contribution in [-0.2, 0) is 10.0 Å². The van der Waals surface area contributed by atoms with Crippen molar-refractivity contribution in [1.82, 2.24) is 9.62 Å². The summed E-state index contributed by atoms with van der Waals surface area (Å²) < 4.78 is 45.7. The van der Waals surface area contributed by atoms with Crippen LogP contribution in [0.2, 0.25) is 0 Å². The Morgan fingerprint density at radius 2 is 1.74 bits per heavy atom. The zero-order valence-corrected chi connectivity index (χ0v) is 18.2. The number of sulfonamides is 1. The molecule has 1 aliphatic rings. The van der Waals surface area contributed by atoms with Crippen molar-refractivity contribution in [3.63, 3.8) is 0 Å². The van der Waals surface area contributed by atoms with Crippen molar-refractivity contribution in [2.45, 2.75) is 4.90 Å². The molecule has 3 aromatic carbocycles. The molecular formula is C23H26FN3O3S. The third-order valence-corrected chi connectivity index (χ3v) is 7.10. The molecule has 0 aromatic heterocycles. The van der Waals surface area contributed by atoms with Crippen molar-refractivity contribution in [2.24, 2.45) is 0 Å². The minimum Gasteiger partial charge on any atom is -0.497 e. The molecule has 4 rings (SSSR count). The Labute approximate surface area is 182 Å². The molecule has 0 bridgehead atoms. The smallest absolute Gasteiger partial charge is 0.240 e. The zero-order chi connectivity index (χ0) is 21.8. The lowest BCUT2D eigenvalue weighted by Crippen LogP contribution is -2.48. The highest BCUT2D eigenvalue weighted by molar-refractivity contribution is 7.89. The lowest BCUT2D eigenvalue weighted by atomic mass is 10.1. The second-order valence-electron chi connectivity index (χ2n) is 7.54. The van der Waals surface area contributed by atoms with Crippen molar-refractivity contribution >= 4 is 26.5 Å². The number of benzene rings is 3. The van der Waals surface area contributed by atoms with Crippen molar-refractivity contribution in [2.75, 3.05) is 51.3 Å². The fourth-order valence-electron chi connectivity index (χ4n) is 3.89. The quantitative estimate of drug-likeness (QED) is 0.608. The van der Waals surface area contributed by atoms with Crippen LogP contribution in [0, 0.1) is 5.82 Å². The number of piperazine rings is 1. The molecule has 31 heavy (non-hydrogen) atoms. The van der Waals surface area contributed by atoms with Gasteiger partial charge in [-0.15, -0.1) is 0 Å². The number of ether oxygens (including phenoxy) is 1. The predicted molar refractivity (Wildman–Crippen MR) is 121 cm³/mol. The van der Waals surface area contributed by atoms with E-state index >= 15 is 0 Å². The highest BCUT2D eigenvalue weighted by Crippen LogP contribution is 2.30. The molecule has 8 heteroatoms. The van der Waals surface area contributed by atoms with E-state index in [1.54, 1.807) is 7.11 Å². The van der Waals surface area contributed by atoms with Gasteiger partial charge in [0.2, 0.25) is 10.0 Å². The third kappa shape index (κ3) is 4.98. The second kappa shape index (κ2) is 9.21. The summed E-state index contributed by atoms with van der Waals surface area (Å²) in [6.45, 7) is 4.35. The highest BCUT2D eigenvalue weighted by Gasteiger charge is 2.20. The van der Waals surface area contributed by atoms with Gasteiger partial charge < -0.3 is 9.64 Å². The molecule has 1 heterocycles. The number of fused-ring (bicyclic) bond motifs is 1. The van der Waals surface area contributed by atoms with Gasteiger partial charge in [-0.25, -0.2) is 17.5 Å². The number of anilines is 1. The summed E-state index contributed by atoms with van der Waals surface area (Å²) in [6, 6.07) is 17.3. The summed E-state index contributed by atoms with van der Waals surface area (Å²) in [5, 5.41) is 2.35. The Morgan fingerprint density at radius 1 is 1.00 bits per heavy atom. The summed E-state index contributed by atoms with van der Waals surface area (Å²) >= 11 is 0. The van der Waals surface area contributed by atoms with E-state index in [2.05, 4.69) is 44.9 Å². The van der Waals surface area contributed by atoms with Crippen LogP contribution < -0.4 is 14.4 Å². The van der Waals surface area contributed by atoms with Crippen molar-refractivity contribution in [3.05, 3.63) is 66.5 Å². The van der Waals surface area contributed by atoms with Crippen LogP contribution in [0.4, 0.5) is 10.1 Å². The standard InChI is InChI=1S/C23H26FN3O3S/c1-30-20-8-5-18-3-2-4-23(22(18)17-20)27-15-13-26(14-16-27)12-11-25-31(28,29)21-9-6-19(24)7-10-21/h2-10,17,25H,11-16H2,1H3. The first-order valence-electron chi connectivity index (χ1n) is 10.3. The summed E-state index contributed by atoms with van der Waals surface area (Å²) in [5.41, 5.74) is 1.19. The lowest BCUT2D eigenvalue weighted by molar-refractivity contribution is 0.262. The number of nitrogens with one attached hydrogen (secondary N) is 1. The fraction of sp³-hybridized carbons (Fsp3) is 0.304. The number of nitrogens with zero attached hydrogens (tertiary/aromatic N) is 2. The van der Waals surface area contributed by atoms with Crippen molar-refractivity contribution in [3.8, 4) is 5.75 Å². The van der Waals surface area contributed by atoms with Crippen LogP contribution in [-0.4, -0.2) is 59.7 Å². The van der Waals surface area contributed by atoms with Crippen LogP contribution in [0.25, 0.3) is 10.8 Å². The van der Waals surface area contributed by atoms with Gasteiger partial charge >= 0.3 is 0 Å².